The van der Waals surface area contributed by atoms with Gasteiger partial charge in [0.1, 0.15) is 0 Å². The van der Waals surface area contributed by atoms with Crippen LogP contribution in [0.1, 0.15) is 43.5 Å². The zero-order valence-corrected chi connectivity index (χ0v) is 14.5. The second-order valence-corrected chi connectivity index (χ2v) is 8.33. The summed E-state index contributed by atoms with van der Waals surface area (Å²) < 4.78 is 26.7. The third kappa shape index (κ3) is 4.78. The van der Waals surface area contributed by atoms with E-state index in [1.54, 1.807) is 13.8 Å². The van der Waals surface area contributed by atoms with E-state index >= 15 is 0 Å². The van der Waals surface area contributed by atoms with Crippen molar-refractivity contribution in [2.45, 2.75) is 44.0 Å². The van der Waals surface area contributed by atoms with Gasteiger partial charge in [0.15, 0.2) is 0 Å². The largest absolute Gasteiger partial charge is 0.481 e. The monoisotopic (exact) mass is 354 g/mol. The summed E-state index contributed by atoms with van der Waals surface area (Å²) >= 11 is 0. The van der Waals surface area contributed by atoms with Gasteiger partial charge in [-0.05, 0) is 57.4 Å². The number of aliphatic carboxylic acids is 1. The molecule has 0 aromatic heterocycles. The molecule has 1 aliphatic rings. The lowest BCUT2D eigenvalue weighted by molar-refractivity contribution is -0.147. The predicted octanol–water partition coefficient (Wildman–Crippen LogP) is 1.36. The van der Waals surface area contributed by atoms with Crippen molar-refractivity contribution in [2.75, 3.05) is 6.54 Å². The molecule has 0 aliphatic heterocycles. The first-order chi connectivity index (χ1) is 11.1. The van der Waals surface area contributed by atoms with Crippen molar-refractivity contribution >= 4 is 21.9 Å². The molecule has 1 aromatic carbocycles. The lowest BCUT2D eigenvalue weighted by Crippen LogP contribution is -2.32. The van der Waals surface area contributed by atoms with Crippen molar-refractivity contribution in [3.05, 3.63) is 29.8 Å². The minimum Gasteiger partial charge on any atom is -0.481 e. The molecule has 0 saturated heterocycles. The van der Waals surface area contributed by atoms with Gasteiger partial charge in [0.25, 0.3) is 5.91 Å². The fourth-order valence-electron chi connectivity index (χ4n) is 1.97. The van der Waals surface area contributed by atoms with Crippen LogP contribution in [0.4, 0.5) is 0 Å². The number of amides is 1. The topological polar surface area (TPSA) is 113 Å². The molecule has 0 unspecified atom stereocenters. The van der Waals surface area contributed by atoms with Gasteiger partial charge >= 0.3 is 5.97 Å². The maximum atomic E-state index is 12.0. The molecule has 0 radical (unpaired) electrons. The number of carbonyl (C=O) groups is 2. The lowest BCUT2D eigenvalue weighted by Gasteiger charge is -2.18. The highest BCUT2D eigenvalue weighted by Gasteiger charge is 2.28. The molecule has 1 amide bonds. The van der Waals surface area contributed by atoms with E-state index in [1.165, 1.54) is 24.3 Å². The van der Waals surface area contributed by atoms with Crippen LogP contribution in [-0.2, 0) is 14.8 Å². The summed E-state index contributed by atoms with van der Waals surface area (Å²) in [5, 5.41) is 11.7. The fraction of sp³-hybridized carbons (Fsp3) is 0.500. The van der Waals surface area contributed by atoms with E-state index in [9.17, 15) is 18.0 Å². The number of hydrogen-bond acceptors (Lipinski definition) is 4. The molecule has 24 heavy (non-hydrogen) atoms. The Morgan fingerprint density at radius 1 is 1.21 bits per heavy atom. The van der Waals surface area contributed by atoms with Crippen LogP contribution < -0.4 is 10.0 Å². The summed E-state index contributed by atoms with van der Waals surface area (Å²) in [6.07, 6.45) is 2.00. The van der Waals surface area contributed by atoms with Crippen LogP contribution in [-0.4, -0.2) is 38.0 Å². The molecule has 0 atom stereocenters. The molecule has 2 rings (SSSR count). The van der Waals surface area contributed by atoms with Gasteiger partial charge in [0.2, 0.25) is 10.0 Å². The molecule has 0 bridgehead atoms. The molecule has 132 valence electrons. The zero-order valence-electron chi connectivity index (χ0n) is 13.7. The van der Waals surface area contributed by atoms with Crippen LogP contribution in [0, 0.1) is 5.41 Å². The van der Waals surface area contributed by atoms with E-state index in [0.717, 1.165) is 12.8 Å². The third-order valence-corrected chi connectivity index (χ3v) is 5.48. The first-order valence-corrected chi connectivity index (χ1v) is 9.24. The van der Waals surface area contributed by atoms with Gasteiger partial charge in [-0.25, -0.2) is 13.1 Å². The highest BCUT2D eigenvalue weighted by atomic mass is 32.2. The molecule has 8 heteroatoms. The first kappa shape index (κ1) is 18.4. The van der Waals surface area contributed by atoms with Crippen molar-refractivity contribution in [2.24, 2.45) is 5.41 Å². The summed E-state index contributed by atoms with van der Waals surface area (Å²) in [6.45, 7) is 3.41. The minimum atomic E-state index is -3.53. The molecule has 0 heterocycles. The summed E-state index contributed by atoms with van der Waals surface area (Å²) in [5.74, 6) is -1.29. The first-order valence-electron chi connectivity index (χ1n) is 7.76. The summed E-state index contributed by atoms with van der Waals surface area (Å²) in [4.78, 5) is 23.2. The smallest absolute Gasteiger partial charge is 0.309 e. The number of carboxylic acids is 1. The van der Waals surface area contributed by atoms with Gasteiger partial charge in [0.05, 0.1) is 10.3 Å². The van der Waals surface area contributed by atoms with Crippen molar-refractivity contribution in [3.63, 3.8) is 0 Å². The summed E-state index contributed by atoms with van der Waals surface area (Å²) in [6, 6.07) is 5.69. The average molecular weight is 354 g/mol. The van der Waals surface area contributed by atoms with Crippen LogP contribution in [0.2, 0.25) is 0 Å². The molecular formula is C16H22N2O5S. The molecular weight excluding hydrogens is 332 g/mol. The van der Waals surface area contributed by atoms with E-state index < -0.39 is 21.4 Å². The Bertz CT molecular complexity index is 721. The van der Waals surface area contributed by atoms with Gasteiger partial charge in [-0.2, -0.15) is 0 Å². The number of hydrogen-bond donors (Lipinski definition) is 3. The minimum absolute atomic E-state index is 0.0237. The Morgan fingerprint density at radius 2 is 1.79 bits per heavy atom. The van der Waals surface area contributed by atoms with E-state index in [2.05, 4.69) is 10.0 Å². The third-order valence-electron chi connectivity index (χ3n) is 3.94. The number of nitrogens with one attached hydrogen (secondary N) is 2. The predicted molar refractivity (Wildman–Crippen MR) is 88.2 cm³/mol. The van der Waals surface area contributed by atoms with Crippen LogP contribution in [0.25, 0.3) is 0 Å². The number of rotatable bonds is 8. The Hall–Kier alpha value is -1.93. The molecule has 3 N–H and O–H groups in total. The van der Waals surface area contributed by atoms with Crippen LogP contribution in [0.3, 0.4) is 0 Å². The number of benzene rings is 1. The molecule has 7 nitrogen and oxygen atoms in total. The van der Waals surface area contributed by atoms with Crippen molar-refractivity contribution in [1.29, 1.82) is 0 Å². The Kier molecular flexibility index (Phi) is 5.29. The second-order valence-electron chi connectivity index (χ2n) is 6.61. The van der Waals surface area contributed by atoms with Gasteiger partial charge < -0.3 is 10.4 Å². The van der Waals surface area contributed by atoms with Crippen LogP contribution >= 0.6 is 0 Å². The highest BCUT2D eigenvalue weighted by Crippen LogP contribution is 2.22. The van der Waals surface area contributed by atoms with E-state index in [-0.39, 0.29) is 23.4 Å². The Labute approximate surface area is 141 Å². The van der Waals surface area contributed by atoms with Gasteiger partial charge in [0, 0.05) is 18.2 Å². The standard InChI is InChI=1S/C16H22N2O5S/c1-16(2,15(20)21)9-10-17-14(19)11-3-7-13(8-4-11)24(22,23)18-12-5-6-12/h3-4,7-8,12,18H,5-6,9-10H2,1-2H3,(H,17,19)(H,20,21). The van der Waals surface area contributed by atoms with Gasteiger partial charge in [-0.1, -0.05) is 0 Å². The van der Waals surface area contributed by atoms with Gasteiger partial charge in [-0.15, -0.1) is 0 Å². The quantitative estimate of drug-likeness (QED) is 0.652. The lowest BCUT2D eigenvalue weighted by atomic mass is 9.90. The molecule has 1 aliphatic carbocycles. The maximum Gasteiger partial charge on any atom is 0.309 e. The van der Waals surface area contributed by atoms with Gasteiger partial charge in [-0.3, -0.25) is 9.59 Å². The Morgan fingerprint density at radius 3 is 2.29 bits per heavy atom. The van der Waals surface area contributed by atoms with Crippen molar-refractivity contribution < 1.29 is 23.1 Å². The van der Waals surface area contributed by atoms with Crippen LogP contribution in [0.5, 0.6) is 0 Å². The zero-order chi connectivity index (χ0) is 18.0. The van der Waals surface area contributed by atoms with Crippen molar-refractivity contribution in [3.8, 4) is 0 Å². The maximum absolute atomic E-state index is 12.0. The molecule has 1 fully saturated rings. The normalized spacial score (nSPS) is 15.1. The number of carbonyl (C=O) groups excluding carboxylic acids is 1. The second kappa shape index (κ2) is 6.90. The SMILES string of the molecule is CC(C)(CCNC(=O)c1ccc(S(=O)(=O)NC2CC2)cc1)C(=O)O. The Balaban J connectivity index is 1.92. The van der Waals surface area contributed by atoms with E-state index in [4.69, 9.17) is 5.11 Å². The molecule has 0 spiro atoms. The fourth-order valence-corrected chi connectivity index (χ4v) is 3.28. The average Bonchev–Trinajstić information content (AvgIpc) is 3.30. The summed E-state index contributed by atoms with van der Waals surface area (Å²) in [7, 11) is -3.53. The molecule has 1 aromatic rings. The summed E-state index contributed by atoms with van der Waals surface area (Å²) in [5.41, 5.74) is -0.590. The van der Waals surface area contributed by atoms with Crippen molar-refractivity contribution in [1.82, 2.24) is 10.0 Å². The number of carboxylic acid groups (broad SMARTS) is 1. The number of sulfonamides is 1. The highest BCUT2D eigenvalue weighted by molar-refractivity contribution is 7.89. The van der Waals surface area contributed by atoms with E-state index in [0.29, 0.717) is 12.0 Å². The molecule has 1 saturated carbocycles. The van der Waals surface area contributed by atoms with Crippen LogP contribution in [0.15, 0.2) is 29.2 Å². The van der Waals surface area contributed by atoms with E-state index in [1.807, 2.05) is 0 Å².